The summed E-state index contributed by atoms with van der Waals surface area (Å²) in [5, 5.41) is 76.0. The van der Waals surface area contributed by atoms with E-state index >= 15 is 0 Å². The van der Waals surface area contributed by atoms with Gasteiger partial charge in [0.1, 0.15) is 36.6 Å². The summed E-state index contributed by atoms with van der Waals surface area (Å²) in [6, 6.07) is -1.19. The van der Waals surface area contributed by atoms with Gasteiger partial charge in [-0.25, -0.2) is 0 Å². The Bertz CT molecular complexity index is 1170. The first-order valence-corrected chi connectivity index (χ1v) is 27.4. The van der Waals surface area contributed by atoms with Gasteiger partial charge in [-0.05, 0) is 77.0 Å². The van der Waals surface area contributed by atoms with Crippen LogP contribution >= 0.6 is 0 Å². The summed E-state index contributed by atoms with van der Waals surface area (Å²) < 4.78 is 11.1. The van der Waals surface area contributed by atoms with Crippen LogP contribution in [0.1, 0.15) is 239 Å². The fourth-order valence-electron chi connectivity index (χ4n) is 8.63. The van der Waals surface area contributed by atoms with Gasteiger partial charge in [0.05, 0.1) is 25.4 Å². The molecule has 1 aliphatic heterocycles. The Morgan fingerprint density at radius 3 is 1.35 bits per heavy atom. The molecule has 8 N–H and O–H groups in total. The van der Waals surface area contributed by atoms with E-state index < -0.39 is 74.2 Å². The number of hydrogen-bond acceptors (Lipinski definition) is 10. The van der Waals surface area contributed by atoms with Gasteiger partial charge in [0.15, 0.2) is 6.29 Å². The van der Waals surface area contributed by atoms with Gasteiger partial charge in [0.2, 0.25) is 5.91 Å². The first kappa shape index (κ1) is 62.3. The minimum atomic E-state index is -1.67. The number of ether oxygens (including phenoxy) is 2. The molecule has 0 spiro atoms. The average Bonchev–Trinajstić information content (AvgIpc) is 3.32. The molecule has 388 valence electrons. The van der Waals surface area contributed by atoms with E-state index in [2.05, 4.69) is 55.6 Å². The van der Waals surface area contributed by atoms with Crippen molar-refractivity contribution in [1.82, 2.24) is 5.32 Å². The van der Waals surface area contributed by atoms with Crippen molar-refractivity contribution < 1.29 is 50.0 Å². The number of rotatable bonds is 46. The van der Waals surface area contributed by atoms with Gasteiger partial charge in [0, 0.05) is 0 Å². The van der Waals surface area contributed by atoms with Crippen LogP contribution in [0.25, 0.3) is 0 Å². The smallest absolute Gasteiger partial charge is 0.249 e. The van der Waals surface area contributed by atoms with Crippen molar-refractivity contribution in [2.75, 3.05) is 13.2 Å². The van der Waals surface area contributed by atoms with E-state index in [-0.39, 0.29) is 12.8 Å². The molecule has 0 aliphatic carbocycles. The molecular formula is C55H103NO10. The molecule has 0 aromatic carbocycles. The summed E-state index contributed by atoms with van der Waals surface area (Å²) in [5.74, 6) is -0.714. The normalized spacial score (nSPS) is 21.0. The third-order valence-electron chi connectivity index (χ3n) is 13.1. The molecule has 0 bridgehead atoms. The first-order chi connectivity index (χ1) is 32.2. The molecule has 1 aliphatic rings. The number of allylic oxidation sites excluding steroid dienone is 6. The monoisotopic (exact) mass is 938 g/mol. The second kappa shape index (κ2) is 44.5. The molecule has 0 aromatic rings. The molecule has 1 heterocycles. The highest BCUT2D eigenvalue weighted by molar-refractivity contribution is 5.80. The molecule has 0 aromatic heterocycles. The summed E-state index contributed by atoms with van der Waals surface area (Å²) in [6.07, 6.45) is 41.9. The van der Waals surface area contributed by atoms with E-state index in [9.17, 15) is 40.5 Å². The molecular weight excluding hydrogens is 835 g/mol. The topological polar surface area (TPSA) is 189 Å². The minimum absolute atomic E-state index is 0.244. The van der Waals surface area contributed by atoms with Crippen molar-refractivity contribution in [3.63, 3.8) is 0 Å². The predicted octanol–water partition coefficient (Wildman–Crippen LogP) is 10.7. The Hall–Kier alpha value is -1.67. The zero-order chi connectivity index (χ0) is 48.3. The Labute approximate surface area is 403 Å². The van der Waals surface area contributed by atoms with E-state index in [0.717, 1.165) is 57.8 Å². The average molecular weight is 938 g/mol. The molecule has 11 heteroatoms. The standard InChI is InChI=1S/C55H103NO10/c1-3-5-7-9-11-13-15-17-19-21-23-24-25-27-28-30-32-34-36-38-40-42-47(58)50(60)46(45-65-55-53(63)52(62)51(61)49(44-57)66-55)56-54(64)48(59)43-41-39-37-35-33-31-29-26-22-20-18-16-14-12-10-8-6-4-2/h22,26-28,34,36,46-53,55,57-63H,3-21,23-25,29-33,35,37-45H2,1-2H3,(H,56,64)/b26-22-,28-27+,36-34+. The van der Waals surface area contributed by atoms with E-state index in [1.54, 1.807) is 0 Å². The number of carbonyl (C=O) groups excluding carboxylic acids is 1. The lowest BCUT2D eigenvalue weighted by molar-refractivity contribution is -0.303. The van der Waals surface area contributed by atoms with Crippen LogP contribution in [0.15, 0.2) is 36.5 Å². The lowest BCUT2D eigenvalue weighted by Crippen LogP contribution is -2.60. The minimum Gasteiger partial charge on any atom is -0.394 e. The predicted molar refractivity (Wildman–Crippen MR) is 270 cm³/mol. The van der Waals surface area contributed by atoms with Gasteiger partial charge in [-0.2, -0.15) is 0 Å². The number of nitrogens with one attached hydrogen (secondary N) is 1. The Morgan fingerprint density at radius 2 is 0.909 bits per heavy atom. The zero-order valence-corrected chi connectivity index (χ0v) is 42.2. The van der Waals surface area contributed by atoms with Crippen LogP contribution in [0.5, 0.6) is 0 Å². The number of hydrogen-bond donors (Lipinski definition) is 8. The second-order valence-corrected chi connectivity index (χ2v) is 19.3. The maximum absolute atomic E-state index is 13.1. The Balaban J connectivity index is 2.40. The molecule has 0 radical (unpaired) electrons. The summed E-state index contributed by atoms with van der Waals surface area (Å²) >= 11 is 0. The quantitative estimate of drug-likeness (QED) is 0.0215. The maximum atomic E-state index is 13.1. The second-order valence-electron chi connectivity index (χ2n) is 19.3. The molecule has 1 saturated heterocycles. The number of aliphatic hydroxyl groups is 7. The van der Waals surface area contributed by atoms with Crippen LogP contribution < -0.4 is 5.32 Å². The molecule has 1 fully saturated rings. The van der Waals surface area contributed by atoms with Crippen LogP contribution in [0.4, 0.5) is 0 Å². The van der Waals surface area contributed by atoms with Crippen molar-refractivity contribution in [1.29, 1.82) is 0 Å². The number of unbranched alkanes of at least 4 members (excludes halogenated alkanes) is 28. The molecule has 1 amide bonds. The number of carbonyl (C=O) groups is 1. The highest BCUT2D eigenvalue weighted by Gasteiger charge is 2.44. The van der Waals surface area contributed by atoms with Crippen molar-refractivity contribution >= 4 is 5.91 Å². The van der Waals surface area contributed by atoms with Gasteiger partial charge >= 0.3 is 0 Å². The summed E-state index contributed by atoms with van der Waals surface area (Å²) in [4.78, 5) is 13.1. The molecule has 9 atom stereocenters. The maximum Gasteiger partial charge on any atom is 0.249 e. The highest BCUT2D eigenvalue weighted by atomic mass is 16.7. The SMILES string of the molecule is CCCCCCCCCC/C=C\CCCCCCCCC(O)C(=O)NC(COC1OC(CO)C(O)C(O)C1O)C(O)C(O)CCC/C=C/CC/C=C/CCCCCCCCCCCCCC. The fourth-order valence-corrected chi connectivity index (χ4v) is 8.63. The van der Waals surface area contributed by atoms with E-state index in [0.29, 0.717) is 19.3 Å². The Morgan fingerprint density at radius 1 is 0.515 bits per heavy atom. The van der Waals surface area contributed by atoms with E-state index in [1.165, 1.54) is 135 Å². The van der Waals surface area contributed by atoms with Crippen molar-refractivity contribution in [2.45, 2.75) is 294 Å². The lowest BCUT2D eigenvalue weighted by atomic mass is 9.98. The molecule has 66 heavy (non-hydrogen) atoms. The van der Waals surface area contributed by atoms with Crippen LogP contribution in [0.3, 0.4) is 0 Å². The van der Waals surface area contributed by atoms with Crippen LogP contribution in [-0.4, -0.2) is 110 Å². The van der Waals surface area contributed by atoms with Crippen molar-refractivity contribution in [3.05, 3.63) is 36.5 Å². The zero-order valence-electron chi connectivity index (χ0n) is 42.2. The van der Waals surface area contributed by atoms with Gasteiger partial charge < -0.3 is 50.5 Å². The third-order valence-corrected chi connectivity index (χ3v) is 13.1. The fraction of sp³-hybridized carbons (Fsp3) is 0.873. The molecule has 1 rings (SSSR count). The number of aliphatic hydroxyl groups excluding tert-OH is 7. The molecule has 9 unspecified atom stereocenters. The largest absolute Gasteiger partial charge is 0.394 e. The number of amides is 1. The van der Waals surface area contributed by atoms with Crippen LogP contribution in [0.2, 0.25) is 0 Å². The van der Waals surface area contributed by atoms with Crippen molar-refractivity contribution in [2.24, 2.45) is 0 Å². The first-order valence-electron chi connectivity index (χ1n) is 27.4. The van der Waals surface area contributed by atoms with Gasteiger partial charge in [-0.3, -0.25) is 4.79 Å². The summed E-state index contributed by atoms with van der Waals surface area (Å²) in [7, 11) is 0. The Kier molecular flexibility index (Phi) is 42.1. The van der Waals surface area contributed by atoms with E-state index in [1.807, 2.05) is 0 Å². The summed E-state index contributed by atoms with van der Waals surface area (Å²) in [6.45, 7) is 3.44. The molecule has 11 nitrogen and oxygen atoms in total. The van der Waals surface area contributed by atoms with Gasteiger partial charge in [0.25, 0.3) is 0 Å². The molecule has 0 saturated carbocycles. The van der Waals surface area contributed by atoms with Gasteiger partial charge in [-0.1, -0.05) is 198 Å². The third kappa shape index (κ3) is 33.0. The van der Waals surface area contributed by atoms with Crippen LogP contribution in [-0.2, 0) is 14.3 Å². The van der Waals surface area contributed by atoms with Crippen molar-refractivity contribution in [3.8, 4) is 0 Å². The lowest BCUT2D eigenvalue weighted by Gasteiger charge is -2.40. The van der Waals surface area contributed by atoms with Crippen LogP contribution in [0, 0.1) is 0 Å². The van der Waals surface area contributed by atoms with Gasteiger partial charge in [-0.15, -0.1) is 0 Å². The summed E-state index contributed by atoms with van der Waals surface area (Å²) in [5.41, 5.74) is 0. The van der Waals surface area contributed by atoms with E-state index in [4.69, 9.17) is 9.47 Å². The highest BCUT2D eigenvalue weighted by Crippen LogP contribution is 2.23.